The third-order valence-electron chi connectivity index (χ3n) is 3.62. The van der Waals surface area contributed by atoms with Crippen molar-refractivity contribution in [3.8, 4) is 0 Å². The zero-order chi connectivity index (χ0) is 15.2. The van der Waals surface area contributed by atoms with E-state index in [1.165, 1.54) is 18.4 Å². The molecule has 1 saturated heterocycles. The number of carbonyl (C=O) groups excluding carboxylic acids is 1. The molecule has 1 fully saturated rings. The van der Waals surface area contributed by atoms with Gasteiger partial charge in [-0.25, -0.2) is 9.78 Å². The van der Waals surface area contributed by atoms with Crippen LogP contribution in [0.4, 0.5) is 5.13 Å². The van der Waals surface area contributed by atoms with Crippen LogP contribution in [0.1, 0.15) is 22.5 Å². The number of aliphatic hydroxyl groups is 1. The number of likely N-dealkylation sites (tertiary alicyclic amines) is 1. The summed E-state index contributed by atoms with van der Waals surface area (Å²) in [5, 5.41) is 13.0. The summed E-state index contributed by atoms with van der Waals surface area (Å²) < 4.78 is 4.65. The third-order valence-corrected chi connectivity index (χ3v) is 5.00. The van der Waals surface area contributed by atoms with Gasteiger partial charge in [-0.2, -0.15) is 0 Å². The molecule has 0 atom stereocenters. The second kappa shape index (κ2) is 7.93. The van der Waals surface area contributed by atoms with Gasteiger partial charge in [-0.15, -0.1) is 0 Å². The second-order valence-corrected chi connectivity index (χ2v) is 6.38. The Balaban J connectivity index is 1.80. The lowest BCUT2D eigenvalue weighted by Crippen LogP contribution is -2.37. The number of nitrogens with one attached hydrogen (secondary N) is 1. The highest BCUT2D eigenvalue weighted by Gasteiger charge is 2.20. The van der Waals surface area contributed by atoms with Crippen molar-refractivity contribution >= 4 is 34.0 Å². The zero-order valence-corrected chi connectivity index (χ0v) is 13.5. The van der Waals surface area contributed by atoms with Gasteiger partial charge in [0.2, 0.25) is 0 Å². The summed E-state index contributed by atoms with van der Waals surface area (Å²) in [5.41, 5.74) is 0. The minimum atomic E-state index is -0.456. The number of methoxy groups -OCH3 is 1. The first-order chi connectivity index (χ1) is 10.1. The summed E-state index contributed by atoms with van der Waals surface area (Å²) in [4.78, 5) is 18.2. The van der Waals surface area contributed by atoms with Crippen LogP contribution in [0, 0.1) is 5.92 Å². The molecule has 2 rings (SSSR count). The molecule has 1 aromatic rings. The summed E-state index contributed by atoms with van der Waals surface area (Å²) in [6, 6.07) is 0. The van der Waals surface area contributed by atoms with Crippen LogP contribution in [-0.2, 0) is 4.74 Å². The molecule has 1 aliphatic rings. The Kier molecular flexibility index (Phi) is 6.22. The summed E-state index contributed by atoms with van der Waals surface area (Å²) in [6.45, 7) is 3.82. The number of ether oxygens (including phenoxy) is 1. The van der Waals surface area contributed by atoms with Crippen molar-refractivity contribution in [3.63, 3.8) is 0 Å². The maximum Gasteiger partial charge on any atom is 0.351 e. The standard InChI is InChI=1S/C13H20ClN3O3S/c1-20-12(19)10-11(14)16-13(21-10)15-8-9-2-4-17(5-3-9)6-7-18/h9,18H,2-8H2,1H3,(H,15,16). The van der Waals surface area contributed by atoms with Crippen molar-refractivity contribution in [3.05, 3.63) is 10.0 Å². The number of nitrogens with zero attached hydrogens (tertiary/aromatic N) is 2. The fourth-order valence-corrected chi connectivity index (χ4v) is 3.49. The molecule has 0 spiro atoms. The SMILES string of the molecule is COC(=O)c1sc(NCC2CCN(CCO)CC2)nc1Cl. The number of piperidine rings is 1. The van der Waals surface area contributed by atoms with Crippen molar-refractivity contribution in [2.75, 3.05) is 45.2 Å². The summed E-state index contributed by atoms with van der Waals surface area (Å²) in [5.74, 6) is 0.118. The van der Waals surface area contributed by atoms with Gasteiger partial charge in [-0.3, -0.25) is 0 Å². The van der Waals surface area contributed by atoms with E-state index in [4.69, 9.17) is 16.7 Å². The molecule has 0 saturated carbocycles. The quantitative estimate of drug-likeness (QED) is 0.772. The van der Waals surface area contributed by atoms with Gasteiger partial charge < -0.3 is 20.1 Å². The number of hydrogen-bond acceptors (Lipinski definition) is 7. The number of esters is 1. The summed E-state index contributed by atoms with van der Waals surface area (Å²) >= 11 is 7.14. The maximum atomic E-state index is 11.5. The topological polar surface area (TPSA) is 74.7 Å². The highest BCUT2D eigenvalue weighted by atomic mass is 35.5. The number of thiazole rings is 1. The Morgan fingerprint density at radius 2 is 2.29 bits per heavy atom. The number of aliphatic hydroxyl groups excluding tert-OH is 1. The first-order valence-corrected chi connectivity index (χ1v) is 8.15. The van der Waals surface area contributed by atoms with Gasteiger partial charge in [0.1, 0.15) is 0 Å². The maximum absolute atomic E-state index is 11.5. The minimum absolute atomic E-state index is 0.187. The molecule has 118 valence electrons. The first kappa shape index (κ1) is 16.5. The minimum Gasteiger partial charge on any atom is -0.465 e. The van der Waals surface area contributed by atoms with Gasteiger partial charge in [0.25, 0.3) is 0 Å². The molecule has 0 aromatic carbocycles. The normalized spacial score (nSPS) is 16.9. The fourth-order valence-electron chi connectivity index (χ4n) is 2.38. The van der Waals surface area contributed by atoms with Crippen molar-refractivity contribution in [1.29, 1.82) is 0 Å². The van der Waals surface area contributed by atoms with E-state index in [-0.39, 0.29) is 11.8 Å². The fraction of sp³-hybridized carbons (Fsp3) is 0.692. The lowest BCUT2D eigenvalue weighted by atomic mass is 9.97. The number of aromatic nitrogens is 1. The van der Waals surface area contributed by atoms with Crippen molar-refractivity contribution in [2.24, 2.45) is 5.92 Å². The van der Waals surface area contributed by atoms with Crippen LogP contribution in [0.3, 0.4) is 0 Å². The molecular weight excluding hydrogens is 314 g/mol. The Labute approximate surface area is 133 Å². The number of hydrogen-bond donors (Lipinski definition) is 2. The Morgan fingerprint density at radius 1 is 1.57 bits per heavy atom. The molecule has 0 bridgehead atoms. The van der Waals surface area contributed by atoms with Crippen LogP contribution in [0.5, 0.6) is 0 Å². The molecule has 21 heavy (non-hydrogen) atoms. The number of rotatable bonds is 6. The molecule has 1 aliphatic heterocycles. The smallest absolute Gasteiger partial charge is 0.351 e. The molecule has 0 amide bonds. The van der Waals surface area contributed by atoms with Gasteiger partial charge in [0.15, 0.2) is 15.2 Å². The van der Waals surface area contributed by atoms with E-state index in [0.717, 1.165) is 39.0 Å². The number of anilines is 1. The van der Waals surface area contributed by atoms with Gasteiger partial charge in [-0.05, 0) is 31.8 Å². The molecule has 2 N–H and O–H groups in total. The Morgan fingerprint density at radius 3 is 2.90 bits per heavy atom. The Bertz CT molecular complexity index is 475. The zero-order valence-electron chi connectivity index (χ0n) is 12.0. The van der Waals surface area contributed by atoms with Crippen LogP contribution < -0.4 is 5.32 Å². The molecule has 0 aliphatic carbocycles. The summed E-state index contributed by atoms with van der Waals surface area (Å²) in [6.07, 6.45) is 2.19. The lowest BCUT2D eigenvalue weighted by molar-refractivity contribution is 0.0606. The summed E-state index contributed by atoms with van der Waals surface area (Å²) in [7, 11) is 1.33. The number of β-amino-alcohol motifs (C(OH)–C–C–N with tert-alkyl or cyclic N) is 1. The molecule has 8 heteroatoms. The molecule has 6 nitrogen and oxygen atoms in total. The van der Waals surface area contributed by atoms with E-state index >= 15 is 0 Å². The average molecular weight is 334 g/mol. The lowest BCUT2D eigenvalue weighted by Gasteiger charge is -2.31. The molecule has 0 unspecified atom stereocenters. The number of carbonyl (C=O) groups is 1. The van der Waals surface area contributed by atoms with Gasteiger partial charge in [-0.1, -0.05) is 22.9 Å². The first-order valence-electron chi connectivity index (χ1n) is 6.95. The van der Waals surface area contributed by atoms with Crippen LogP contribution in [-0.4, -0.2) is 60.9 Å². The van der Waals surface area contributed by atoms with Gasteiger partial charge in [0, 0.05) is 13.1 Å². The van der Waals surface area contributed by atoms with Crippen molar-refractivity contribution in [1.82, 2.24) is 9.88 Å². The van der Waals surface area contributed by atoms with Crippen LogP contribution in [0.25, 0.3) is 0 Å². The van der Waals surface area contributed by atoms with E-state index in [1.54, 1.807) is 0 Å². The number of halogens is 1. The van der Waals surface area contributed by atoms with E-state index in [2.05, 4.69) is 19.9 Å². The third kappa shape index (κ3) is 4.54. The highest BCUT2D eigenvalue weighted by Crippen LogP contribution is 2.28. The monoisotopic (exact) mass is 333 g/mol. The van der Waals surface area contributed by atoms with Crippen molar-refractivity contribution < 1.29 is 14.6 Å². The molecular formula is C13H20ClN3O3S. The molecule has 1 aromatic heterocycles. The van der Waals surface area contributed by atoms with Crippen LogP contribution in [0.2, 0.25) is 5.15 Å². The van der Waals surface area contributed by atoms with Crippen molar-refractivity contribution in [2.45, 2.75) is 12.8 Å². The van der Waals surface area contributed by atoms with Gasteiger partial charge >= 0.3 is 5.97 Å². The van der Waals surface area contributed by atoms with Gasteiger partial charge in [0.05, 0.1) is 13.7 Å². The van der Waals surface area contributed by atoms with E-state index in [0.29, 0.717) is 15.9 Å². The largest absolute Gasteiger partial charge is 0.465 e. The molecule has 0 radical (unpaired) electrons. The van der Waals surface area contributed by atoms with Crippen LogP contribution >= 0.6 is 22.9 Å². The molecule has 2 heterocycles. The van der Waals surface area contributed by atoms with E-state index in [9.17, 15) is 4.79 Å². The predicted octanol–water partition coefficient (Wildman–Crippen LogP) is 1.70. The van der Waals surface area contributed by atoms with E-state index < -0.39 is 5.97 Å². The second-order valence-electron chi connectivity index (χ2n) is 5.02. The highest BCUT2D eigenvalue weighted by molar-refractivity contribution is 7.18. The van der Waals surface area contributed by atoms with E-state index in [1.807, 2.05) is 0 Å². The predicted molar refractivity (Wildman–Crippen MR) is 83.2 cm³/mol. The van der Waals surface area contributed by atoms with Crippen LogP contribution in [0.15, 0.2) is 0 Å². The Hall–Kier alpha value is -0.890. The average Bonchev–Trinajstić information content (AvgIpc) is 2.87.